The van der Waals surface area contributed by atoms with Crippen LogP contribution in [-0.4, -0.2) is 23.3 Å². The van der Waals surface area contributed by atoms with E-state index < -0.39 is 6.10 Å². The van der Waals surface area contributed by atoms with Crippen LogP contribution in [0.4, 0.5) is 0 Å². The van der Waals surface area contributed by atoms with Crippen molar-refractivity contribution in [1.82, 2.24) is 0 Å². The van der Waals surface area contributed by atoms with Gasteiger partial charge in [-0.1, -0.05) is 12.2 Å². The smallest absolute Gasteiger partial charge is 0.330 e. The van der Waals surface area contributed by atoms with Gasteiger partial charge in [-0.2, -0.15) is 0 Å². The summed E-state index contributed by atoms with van der Waals surface area (Å²) in [7, 11) is 0. The number of carbonyl (C=O) groups excluding carboxylic acids is 1. The summed E-state index contributed by atoms with van der Waals surface area (Å²) in [5, 5.41) is 9.23. The number of cyclic esters (lactones) is 1. The minimum Gasteiger partial charge on any atom is -0.460 e. The van der Waals surface area contributed by atoms with Crippen molar-refractivity contribution in [3.8, 4) is 0 Å². The van der Waals surface area contributed by atoms with Gasteiger partial charge in [0.2, 0.25) is 0 Å². The van der Waals surface area contributed by atoms with Crippen molar-refractivity contribution in [3.05, 3.63) is 24.3 Å². The minimum atomic E-state index is -0.680. The highest BCUT2D eigenvalue weighted by Gasteiger charge is 2.07. The molecular weight excluding hydrogens is 168 g/mol. The molecule has 1 aliphatic heterocycles. The first-order chi connectivity index (χ1) is 6.18. The van der Waals surface area contributed by atoms with Gasteiger partial charge in [0.25, 0.3) is 0 Å². The molecule has 72 valence electrons. The number of hydrogen-bond donors (Lipinski definition) is 1. The third kappa shape index (κ3) is 3.90. The van der Waals surface area contributed by atoms with Gasteiger partial charge in [0.15, 0.2) is 0 Å². The molecule has 0 saturated carbocycles. The average Bonchev–Trinajstić information content (AvgIpc) is 2.08. The molecule has 0 bridgehead atoms. The zero-order valence-corrected chi connectivity index (χ0v) is 7.64. The summed E-state index contributed by atoms with van der Waals surface area (Å²) in [4.78, 5) is 11.0. The molecule has 3 heteroatoms. The van der Waals surface area contributed by atoms with E-state index in [1.807, 2.05) is 13.0 Å². The fraction of sp³-hybridized carbons (Fsp3) is 0.500. The van der Waals surface area contributed by atoms with Crippen molar-refractivity contribution >= 4 is 5.97 Å². The van der Waals surface area contributed by atoms with E-state index in [9.17, 15) is 9.90 Å². The van der Waals surface area contributed by atoms with E-state index in [0.717, 1.165) is 12.8 Å². The molecule has 13 heavy (non-hydrogen) atoms. The summed E-state index contributed by atoms with van der Waals surface area (Å²) < 4.78 is 5.00. The van der Waals surface area contributed by atoms with Gasteiger partial charge >= 0.3 is 5.97 Å². The van der Waals surface area contributed by atoms with Crippen molar-refractivity contribution in [1.29, 1.82) is 0 Å². The molecule has 1 N–H and O–H groups in total. The molecule has 0 amide bonds. The van der Waals surface area contributed by atoms with Crippen molar-refractivity contribution in [2.75, 3.05) is 0 Å². The minimum absolute atomic E-state index is 0.0583. The van der Waals surface area contributed by atoms with Gasteiger partial charge in [0, 0.05) is 6.08 Å². The maximum atomic E-state index is 11.0. The van der Waals surface area contributed by atoms with Crippen LogP contribution in [0.2, 0.25) is 0 Å². The van der Waals surface area contributed by atoms with Crippen LogP contribution >= 0.6 is 0 Å². The van der Waals surface area contributed by atoms with Gasteiger partial charge in [-0.15, -0.1) is 0 Å². The van der Waals surface area contributed by atoms with Crippen LogP contribution in [0.15, 0.2) is 24.3 Å². The number of aliphatic hydroxyl groups excluding tert-OH is 1. The lowest BCUT2D eigenvalue weighted by atomic mass is 10.2. The Kier molecular flexibility index (Phi) is 3.71. The molecule has 0 aromatic rings. The first-order valence-corrected chi connectivity index (χ1v) is 4.42. The van der Waals surface area contributed by atoms with E-state index in [1.54, 1.807) is 6.08 Å². The van der Waals surface area contributed by atoms with E-state index in [2.05, 4.69) is 0 Å². The molecule has 0 radical (unpaired) electrons. The summed E-state index contributed by atoms with van der Waals surface area (Å²) in [6.07, 6.45) is 7.11. The molecule has 0 aliphatic carbocycles. The summed E-state index contributed by atoms with van der Waals surface area (Å²) in [6.45, 7) is 1.86. The molecule has 1 heterocycles. The second-order valence-electron chi connectivity index (χ2n) is 3.10. The molecule has 0 aromatic carbocycles. The third-order valence-corrected chi connectivity index (χ3v) is 1.82. The monoisotopic (exact) mass is 182 g/mol. The number of rotatable bonds is 0. The van der Waals surface area contributed by atoms with Gasteiger partial charge < -0.3 is 9.84 Å². The maximum Gasteiger partial charge on any atom is 0.330 e. The Bertz CT molecular complexity index is 230. The molecule has 1 aliphatic rings. The van der Waals surface area contributed by atoms with Gasteiger partial charge in [0.05, 0.1) is 12.2 Å². The molecule has 0 unspecified atom stereocenters. The summed E-state index contributed by atoms with van der Waals surface area (Å²) in [5.41, 5.74) is 0. The highest BCUT2D eigenvalue weighted by Crippen LogP contribution is 2.06. The first kappa shape index (κ1) is 9.99. The SMILES string of the molecule is C[C@@H]1CCC=C[C@@H](O)C=CC(=O)O1. The standard InChI is InChI=1S/C10H14O3/c1-8-4-2-3-5-9(11)6-7-10(12)13-8/h3,5-9,11H,2,4H2,1H3/t8-,9-/m1/s1. The molecule has 3 nitrogen and oxygen atoms in total. The molecule has 1 rings (SSSR count). The van der Waals surface area contributed by atoms with Crippen LogP contribution in [-0.2, 0) is 9.53 Å². The van der Waals surface area contributed by atoms with Crippen LogP contribution in [0, 0.1) is 0 Å². The molecule has 0 aromatic heterocycles. The second-order valence-corrected chi connectivity index (χ2v) is 3.10. The largest absolute Gasteiger partial charge is 0.460 e. The van der Waals surface area contributed by atoms with Crippen LogP contribution in [0.3, 0.4) is 0 Å². The van der Waals surface area contributed by atoms with Gasteiger partial charge in [0.1, 0.15) is 0 Å². The van der Waals surface area contributed by atoms with Gasteiger partial charge in [-0.05, 0) is 25.8 Å². The number of allylic oxidation sites excluding steroid dienone is 1. The van der Waals surface area contributed by atoms with Crippen LogP contribution in [0.5, 0.6) is 0 Å². The van der Waals surface area contributed by atoms with Crippen molar-refractivity contribution in [2.45, 2.75) is 32.0 Å². The van der Waals surface area contributed by atoms with Crippen molar-refractivity contribution in [3.63, 3.8) is 0 Å². The lowest BCUT2D eigenvalue weighted by Crippen LogP contribution is -2.14. The predicted molar refractivity (Wildman–Crippen MR) is 49.1 cm³/mol. The van der Waals surface area contributed by atoms with E-state index in [1.165, 1.54) is 12.2 Å². The maximum absolute atomic E-state index is 11.0. The summed E-state index contributed by atoms with van der Waals surface area (Å²) >= 11 is 0. The summed E-state index contributed by atoms with van der Waals surface area (Å²) in [5.74, 6) is -0.387. The topological polar surface area (TPSA) is 46.5 Å². The first-order valence-electron chi connectivity index (χ1n) is 4.42. The van der Waals surface area contributed by atoms with E-state index >= 15 is 0 Å². The van der Waals surface area contributed by atoms with Crippen molar-refractivity contribution in [2.24, 2.45) is 0 Å². The predicted octanol–water partition coefficient (Wildman–Crippen LogP) is 1.19. The Labute approximate surface area is 77.7 Å². The molecule has 0 fully saturated rings. The molecular formula is C10H14O3. The fourth-order valence-electron chi connectivity index (χ4n) is 1.10. The Morgan fingerprint density at radius 1 is 1.54 bits per heavy atom. The highest BCUT2D eigenvalue weighted by molar-refractivity contribution is 5.82. The third-order valence-electron chi connectivity index (χ3n) is 1.82. The van der Waals surface area contributed by atoms with E-state index in [4.69, 9.17) is 4.74 Å². The number of ether oxygens (including phenoxy) is 1. The summed E-state index contributed by atoms with van der Waals surface area (Å²) in [6, 6.07) is 0. The number of carbonyl (C=O) groups is 1. The van der Waals surface area contributed by atoms with Gasteiger partial charge in [-0.25, -0.2) is 4.79 Å². The normalized spacial score (nSPS) is 29.8. The Balaban J connectivity index is 2.62. The molecule has 0 spiro atoms. The number of aliphatic hydroxyl groups is 1. The van der Waals surface area contributed by atoms with Crippen LogP contribution in [0.25, 0.3) is 0 Å². The quantitative estimate of drug-likeness (QED) is 0.452. The number of esters is 1. The van der Waals surface area contributed by atoms with E-state index in [0.29, 0.717) is 0 Å². The molecule has 2 atom stereocenters. The Hall–Kier alpha value is -1.09. The van der Waals surface area contributed by atoms with Crippen LogP contribution < -0.4 is 0 Å². The highest BCUT2D eigenvalue weighted by atomic mass is 16.5. The molecule has 0 saturated heterocycles. The average molecular weight is 182 g/mol. The number of hydrogen-bond acceptors (Lipinski definition) is 3. The lowest BCUT2D eigenvalue weighted by Gasteiger charge is -2.11. The van der Waals surface area contributed by atoms with Gasteiger partial charge in [-0.3, -0.25) is 0 Å². The van der Waals surface area contributed by atoms with Crippen molar-refractivity contribution < 1.29 is 14.6 Å². The zero-order valence-electron chi connectivity index (χ0n) is 7.64. The fourth-order valence-corrected chi connectivity index (χ4v) is 1.10. The Morgan fingerprint density at radius 3 is 3.08 bits per heavy atom. The second kappa shape index (κ2) is 4.82. The Morgan fingerprint density at radius 2 is 2.31 bits per heavy atom. The zero-order chi connectivity index (χ0) is 9.68. The lowest BCUT2D eigenvalue weighted by molar-refractivity contribution is -0.142. The van der Waals surface area contributed by atoms with E-state index in [-0.39, 0.29) is 12.1 Å². The van der Waals surface area contributed by atoms with Crippen LogP contribution in [0.1, 0.15) is 19.8 Å².